The fraction of sp³-hybridized carbons (Fsp3) is 0.154. The van der Waals surface area contributed by atoms with Crippen LogP contribution in [0.1, 0.15) is 5.56 Å². The van der Waals surface area contributed by atoms with Crippen molar-refractivity contribution in [3.8, 4) is 0 Å². The van der Waals surface area contributed by atoms with Gasteiger partial charge in [-0.15, -0.1) is 11.8 Å². The van der Waals surface area contributed by atoms with E-state index >= 15 is 0 Å². The van der Waals surface area contributed by atoms with Gasteiger partial charge < -0.3 is 5.32 Å². The number of hydrogen-bond acceptors (Lipinski definition) is 5. The van der Waals surface area contributed by atoms with E-state index in [0.29, 0.717) is 10.6 Å². The van der Waals surface area contributed by atoms with Crippen LogP contribution in [0.15, 0.2) is 39.0 Å². The van der Waals surface area contributed by atoms with E-state index in [-0.39, 0.29) is 16.7 Å². The summed E-state index contributed by atoms with van der Waals surface area (Å²) < 4.78 is 0.976. The molecule has 1 aromatic carbocycles. The van der Waals surface area contributed by atoms with Gasteiger partial charge in [0.15, 0.2) is 0 Å². The van der Waals surface area contributed by atoms with Crippen LogP contribution in [-0.2, 0) is 4.79 Å². The highest BCUT2D eigenvalue weighted by Gasteiger charge is 2.16. The van der Waals surface area contributed by atoms with E-state index in [1.165, 1.54) is 0 Å². The highest BCUT2D eigenvalue weighted by Crippen LogP contribution is 2.34. The molecule has 0 saturated heterocycles. The molecule has 0 unspecified atom stereocenters. The maximum atomic E-state index is 11.9. The number of nitrogens with zero attached hydrogens (tertiary/aromatic N) is 1. The van der Waals surface area contributed by atoms with Crippen molar-refractivity contribution >= 4 is 55.6 Å². The Morgan fingerprint density at radius 2 is 2.24 bits per heavy atom. The second kappa shape index (κ2) is 7.06. The van der Waals surface area contributed by atoms with Gasteiger partial charge in [-0.1, -0.05) is 27.3 Å². The predicted molar refractivity (Wildman–Crippen MR) is 89.2 cm³/mol. The third kappa shape index (κ3) is 4.29. The molecule has 2 rings (SSSR count). The van der Waals surface area contributed by atoms with Gasteiger partial charge >= 0.3 is 5.00 Å². The average molecular weight is 387 g/mol. The van der Waals surface area contributed by atoms with E-state index in [1.54, 1.807) is 17.5 Å². The Morgan fingerprint density at radius 1 is 1.48 bits per heavy atom. The number of aryl methyl sites for hydroxylation is 1. The summed E-state index contributed by atoms with van der Waals surface area (Å²) in [5, 5.41) is 15.3. The van der Waals surface area contributed by atoms with Crippen molar-refractivity contribution in [3.05, 3.63) is 49.8 Å². The number of nitrogens with one attached hydrogen (secondary N) is 1. The first-order valence-electron chi connectivity index (χ1n) is 5.88. The molecule has 0 aliphatic heterocycles. The van der Waals surface area contributed by atoms with Gasteiger partial charge in [0.2, 0.25) is 5.91 Å². The van der Waals surface area contributed by atoms with Crippen LogP contribution in [0.2, 0.25) is 0 Å². The molecule has 0 saturated carbocycles. The Morgan fingerprint density at radius 3 is 2.90 bits per heavy atom. The Kier molecular flexibility index (Phi) is 5.38. The molecule has 0 spiro atoms. The SMILES string of the molecule is Cc1cc(NC(=O)CSc2ccsc2[N+](=O)[O-])ccc1Br. The van der Waals surface area contributed by atoms with E-state index in [2.05, 4.69) is 21.2 Å². The first-order chi connectivity index (χ1) is 9.97. The zero-order valence-electron chi connectivity index (χ0n) is 11.0. The molecule has 2 aromatic rings. The Hall–Kier alpha value is -1.38. The molecule has 0 aliphatic carbocycles. The second-order valence-electron chi connectivity index (χ2n) is 4.15. The highest BCUT2D eigenvalue weighted by molar-refractivity contribution is 9.10. The summed E-state index contributed by atoms with van der Waals surface area (Å²) in [6.07, 6.45) is 0. The number of thioether (sulfide) groups is 1. The van der Waals surface area contributed by atoms with Crippen LogP contribution in [0.5, 0.6) is 0 Å². The van der Waals surface area contributed by atoms with Crippen LogP contribution in [0, 0.1) is 17.0 Å². The van der Waals surface area contributed by atoms with Crippen molar-refractivity contribution < 1.29 is 9.72 Å². The zero-order chi connectivity index (χ0) is 15.4. The summed E-state index contributed by atoms with van der Waals surface area (Å²) in [5.41, 5.74) is 1.73. The molecule has 1 aromatic heterocycles. The monoisotopic (exact) mass is 386 g/mol. The molecule has 1 N–H and O–H groups in total. The summed E-state index contributed by atoms with van der Waals surface area (Å²) in [5.74, 6) is -0.0608. The summed E-state index contributed by atoms with van der Waals surface area (Å²) in [6.45, 7) is 1.93. The number of hydrogen-bond donors (Lipinski definition) is 1. The van der Waals surface area contributed by atoms with Crippen LogP contribution < -0.4 is 5.32 Å². The fourth-order valence-corrected chi connectivity index (χ4v) is 3.57. The smallest absolute Gasteiger partial charge is 0.325 e. The molecule has 5 nitrogen and oxygen atoms in total. The number of nitro groups is 1. The lowest BCUT2D eigenvalue weighted by Crippen LogP contribution is -2.14. The molecule has 1 heterocycles. The molecule has 110 valence electrons. The lowest BCUT2D eigenvalue weighted by atomic mass is 10.2. The van der Waals surface area contributed by atoms with Crippen molar-refractivity contribution in [3.63, 3.8) is 0 Å². The lowest BCUT2D eigenvalue weighted by Gasteiger charge is -2.06. The number of rotatable bonds is 5. The molecule has 0 aliphatic rings. The quantitative estimate of drug-likeness (QED) is 0.467. The van der Waals surface area contributed by atoms with E-state index in [1.807, 2.05) is 19.1 Å². The predicted octanol–water partition coefficient (Wildman–Crippen LogP) is 4.46. The highest BCUT2D eigenvalue weighted by atomic mass is 79.9. The molecule has 0 fully saturated rings. The molecular formula is C13H11BrN2O3S2. The third-order valence-electron chi connectivity index (χ3n) is 2.58. The number of amides is 1. The van der Waals surface area contributed by atoms with Gasteiger partial charge in [-0.2, -0.15) is 0 Å². The van der Waals surface area contributed by atoms with Crippen LogP contribution in [-0.4, -0.2) is 16.6 Å². The summed E-state index contributed by atoms with van der Waals surface area (Å²) in [7, 11) is 0. The minimum atomic E-state index is -0.428. The number of benzene rings is 1. The average Bonchev–Trinajstić information content (AvgIpc) is 2.89. The third-order valence-corrected chi connectivity index (χ3v) is 5.51. The number of thiophene rings is 1. The van der Waals surface area contributed by atoms with Crippen molar-refractivity contribution in [1.82, 2.24) is 0 Å². The number of halogens is 1. The Labute approximate surface area is 138 Å². The lowest BCUT2D eigenvalue weighted by molar-refractivity contribution is -0.382. The fourth-order valence-electron chi connectivity index (χ4n) is 1.60. The van der Waals surface area contributed by atoms with E-state index in [4.69, 9.17) is 0 Å². The van der Waals surface area contributed by atoms with Crippen molar-refractivity contribution in [2.45, 2.75) is 11.8 Å². The first kappa shape index (κ1) is 16.0. The maximum absolute atomic E-state index is 11.9. The van der Waals surface area contributed by atoms with Gasteiger partial charge in [-0.25, -0.2) is 0 Å². The van der Waals surface area contributed by atoms with Crippen molar-refractivity contribution in [2.75, 3.05) is 11.1 Å². The summed E-state index contributed by atoms with van der Waals surface area (Å²) >= 11 is 5.62. The zero-order valence-corrected chi connectivity index (χ0v) is 14.2. The van der Waals surface area contributed by atoms with Crippen LogP contribution in [0.3, 0.4) is 0 Å². The Bertz CT molecular complexity index is 688. The summed E-state index contributed by atoms with van der Waals surface area (Å²) in [6, 6.07) is 7.18. The standard InChI is InChI=1S/C13H11BrN2O3S2/c1-8-6-9(2-3-10(8)14)15-12(17)7-21-11-4-5-20-13(11)16(18)19/h2-6H,7H2,1H3,(H,15,17). The van der Waals surface area contributed by atoms with Gasteiger partial charge in [0.25, 0.3) is 0 Å². The van der Waals surface area contributed by atoms with Gasteiger partial charge in [0, 0.05) is 10.2 Å². The number of carbonyl (C=O) groups is 1. The normalized spacial score (nSPS) is 10.4. The van der Waals surface area contributed by atoms with Crippen molar-refractivity contribution in [1.29, 1.82) is 0 Å². The minimum absolute atomic E-state index is 0.0762. The molecular weight excluding hydrogens is 376 g/mol. The van der Waals surface area contributed by atoms with Crippen LogP contribution in [0.25, 0.3) is 0 Å². The summed E-state index contributed by atoms with van der Waals surface area (Å²) in [4.78, 5) is 22.8. The van der Waals surface area contributed by atoms with Gasteiger partial charge in [0.05, 0.1) is 15.6 Å². The second-order valence-corrected chi connectivity index (χ2v) is 6.91. The molecule has 0 radical (unpaired) electrons. The van der Waals surface area contributed by atoms with E-state index < -0.39 is 4.92 Å². The molecule has 8 heteroatoms. The number of anilines is 1. The molecule has 1 amide bonds. The topological polar surface area (TPSA) is 72.2 Å². The van der Waals surface area contributed by atoms with Crippen LogP contribution >= 0.6 is 39.0 Å². The van der Waals surface area contributed by atoms with Gasteiger partial charge in [-0.05, 0) is 42.1 Å². The largest absolute Gasteiger partial charge is 0.337 e. The molecule has 21 heavy (non-hydrogen) atoms. The van der Waals surface area contributed by atoms with Crippen LogP contribution in [0.4, 0.5) is 10.7 Å². The van der Waals surface area contributed by atoms with Gasteiger partial charge in [-0.3, -0.25) is 14.9 Å². The van der Waals surface area contributed by atoms with E-state index in [9.17, 15) is 14.9 Å². The van der Waals surface area contributed by atoms with Crippen molar-refractivity contribution in [2.24, 2.45) is 0 Å². The Balaban J connectivity index is 1.94. The minimum Gasteiger partial charge on any atom is -0.325 e. The molecule has 0 bridgehead atoms. The number of carbonyl (C=O) groups excluding carboxylic acids is 1. The maximum Gasteiger partial charge on any atom is 0.337 e. The molecule has 0 atom stereocenters. The van der Waals surface area contributed by atoms with E-state index in [0.717, 1.165) is 33.1 Å². The van der Waals surface area contributed by atoms with Gasteiger partial charge in [0.1, 0.15) is 0 Å². The first-order valence-corrected chi connectivity index (χ1v) is 8.54.